The van der Waals surface area contributed by atoms with Crippen molar-refractivity contribution in [1.29, 1.82) is 0 Å². The number of fused-ring (bicyclic) bond motifs is 1. The summed E-state index contributed by atoms with van der Waals surface area (Å²) >= 11 is 0. The normalized spacial score (nSPS) is 23.7. The molecule has 1 aromatic carbocycles. The van der Waals surface area contributed by atoms with Crippen LogP contribution in [0.4, 0.5) is 0 Å². The average Bonchev–Trinajstić information content (AvgIpc) is 2.54. The van der Waals surface area contributed by atoms with Crippen LogP contribution in [0, 0.1) is 5.92 Å². The van der Waals surface area contributed by atoms with E-state index in [2.05, 4.69) is 29.4 Å². The third kappa shape index (κ3) is 2.74. The highest BCUT2D eigenvalue weighted by atomic mass is 16.5. The predicted molar refractivity (Wildman–Crippen MR) is 84.2 cm³/mol. The second-order valence-corrected chi connectivity index (χ2v) is 6.17. The van der Waals surface area contributed by atoms with Crippen LogP contribution < -0.4 is 14.8 Å². The van der Waals surface area contributed by atoms with Gasteiger partial charge in [-0.3, -0.25) is 4.90 Å². The van der Waals surface area contributed by atoms with Gasteiger partial charge in [-0.25, -0.2) is 0 Å². The summed E-state index contributed by atoms with van der Waals surface area (Å²) in [5, 5.41) is 3.47. The molecule has 1 saturated heterocycles. The molecule has 21 heavy (non-hydrogen) atoms. The molecule has 0 aliphatic carbocycles. The van der Waals surface area contributed by atoms with Crippen molar-refractivity contribution in [3.05, 3.63) is 23.3 Å². The van der Waals surface area contributed by atoms with E-state index in [4.69, 9.17) is 9.47 Å². The van der Waals surface area contributed by atoms with E-state index in [0.29, 0.717) is 6.04 Å². The highest BCUT2D eigenvalue weighted by Crippen LogP contribution is 2.42. The van der Waals surface area contributed by atoms with E-state index in [1.54, 1.807) is 14.2 Å². The molecule has 1 aromatic rings. The summed E-state index contributed by atoms with van der Waals surface area (Å²) in [7, 11) is 5.69. The third-order valence-corrected chi connectivity index (χ3v) is 5.00. The summed E-state index contributed by atoms with van der Waals surface area (Å²) in [5.41, 5.74) is 2.86. The van der Waals surface area contributed by atoms with E-state index < -0.39 is 0 Å². The molecule has 0 spiro atoms. The topological polar surface area (TPSA) is 33.7 Å². The van der Waals surface area contributed by atoms with Crippen molar-refractivity contribution in [2.45, 2.75) is 25.3 Å². The molecule has 4 heteroatoms. The number of benzene rings is 1. The summed E-state index contributed by atoms with van der Waals surface area (Å²) in [5.74, 6) is 2.43. The molecule has 2 aliphatic heterocycles. The Hall–Kier alpha value is -1.26. The van der Waals surface area contributed by atoms with E-state index >= 15 is 0 Å². The van der Waals surface area contributed by atoms with Gasteiger partial charge in [0.2, 0.25) is 0 Å². The summed E-state index contributed by atoms with van der Waals surface area (Å²) < 4.78 is 11.0. The maximum absolute atomic E-state index is 5.52. The van der Waals surface area contributed by atoms with Gasteiger partial charge in [-0.15, -0.1) is 0 Å². The van der Waals surface area contributed by atoms with Gasteiger partial charge in [0.25, 0.3) is 0 Å². The van der Waals surface area contributed by atoms with Gasteiger partial charge in [0, 0.05) is 12.6 Å². The Kier molecular flexibility index (Phi) is 4.36. The lowest BCUT2D eigenvalue weighted by Crippen LogP contribution is -2.40. The highest BCUT2D eigenvalue weighted by Gasteiger charge is 2.33. The summed E-state index contributed by atoms with van der Waals surface area (Å²) in [6.07, 6.45) is 3.60. The second kappa shape index (κ2) is 6.24. The minimum absolute atomic E-state index is 0.510. The number of nitrogens with one attached hydrogen (secondary N) is 1. The fourth-order valence-electron chi connectivity index (χ4n) is 3.88. The second-order valence-electron chi connectivity index (χ2n) is 6.17. The first-order chi connectivity index (χ1) is 10.2. The first-order valence-corrected chi connectivity index (χ1v) is 7.90. The molecule has 0 amide bonds. The summed E-state index contributed by atoms with van der Waals surface area (Å²) in [6.45, 7) is 3.40. The molecule has 0 saturated carbocycles. The van der Waals surface area contributed by atoms with Gasteiger partial charge in [-0.2, -0.15) is 0 Å². The van der Waals surface area contributed by atoms with Gasteiger partial charge in [-0.1, -0.05) is 0 Å². The number of hydrogen-bond donors (Lipinski definition) is 1. The van der Waals surface area contributed by atoms with E-state index in [1.807, 2.05) is 0 Å². The fraction of sp³-hybridized carbons (Fsp3) is 0.647. The number of methoxy groups -OCH3 is 2. The third-order valence-electron chi connectivity index (χ3n) is 5.00. The lowest BCUT2D eigenvalue weighted by atomic mass is 9.80. The smallest absolute Gasteiger partial charge is 0.161 e. The molecule has 1 unspecified atom stereocenters. The molecule has 116 valence electrons. The molecule has 2 aliphatic rings. The van der Waals surface area contributed by atoms with Gasteiger partial charge in [0.1, 0.15) is 0 Å². The lowest BCUT2D eigenvalue weighted by molar-refractivity contribution is 0.139. The SMILES string of the molecule is COc1cc2c(cc1OC)C(C1CCNCC1)N(C)CC2. The molecule has 0 aromatic heterocycles. The van der Waals surface area contributed by atoms with E-state index in [1.165, 1.54) is 24.0 Å². The molecule has 0 bridgehead atoms. The molecular formula is C17H26N2O2. The Bertz CT molecular complexity index is 498. The molecular weight excluding hydrogens is 264 g/mol. The van der Waals surface area contributed by atoms with Gasteiger partial charge >= 0.3 is 0 Å². The van der Waals surface area contributed by atoms with Gasteiger partial charge in [0.05, 0.1) is 14.2 Å². The Morgan fingerprint density at radius 3 is 2.43 bits per heavy atom. The van der Waals surface area contributed by atoms with Crippen molar-refractivity contribution < 1.29 is 9.47 Å². The first kappa shape index (κ1) is 14.7. The number of hydrogen-bond acceptors (Lipinski definition) is 4. The zero-order valence-electron chi connectivity index (χ0n) is 13.3. The molecule has 2 heterocycles. The van der Waals surface area contributed by atoms with Crippen LogP contribution in [0.5, 0.6) is 11.5 Å². The Morgan fingerprint density at radius 2 is 1.76 bits per heavy atom. The lowest BCUT2D eigenvalue weighted by Gasteiger charge is -2.41. The van der Waals surface area contributed by atoms with E-state index in [9.17, 15) is 0 Å². The van der Waals surface area contributed by atoms with Gasteiger partial charge in [-0.05, 0) is 68.6 Å². The molecule has 4 nitrogen and oxygen atoms in total. The number of piperidine rings is 1. The number of likely N-dealkylation sites (N-methyl/N-ethyl adjacent to an activating group) is 1. The van der Waals surface area contributed by atoms with Crippen LogP contribution >= 0.6 is 0 Å². The van der Waals surface area contributed by atoms with Crippen LogP contribution in [0.15, 0.2) is 12.1 Å². The minimum atomic E-state index is 0.510. The van der Waals surface area contributed by atoms with E-state index in [-0.39, 0.29) is 0 Å². The maximum atomic E-state index is 5.52. The molecule has 0 radical (unpaired) electrons. The number of ether oxygens (including phenoxy) is 2. The van der Waals surface area contributed by atoms with Crippen molar-refractivity contribution in [2.75, 3.05) is 40.9 Å². The van der Waals surface area contributed by atoms with Crippen LogP contribution in [-0.2, 0) is 6.42 Å². The van der Waals surface area contributed by atoms with Crippen molar-refractivity contribution in [3.63, 3.8) is 0 Å². The number of nitrogens with zero attached hydrogens (tertiary/aromatic N) is 1. The largest absolute Gasteiger partial charge is 0.493 e. The van der Waals surface area contributed by atoms with E-state index in [0.717, 1.165) is 43.5 Å². The monoisotopic (exact) mass is 290 g/mol. The maximum Gasteiger partial charge on any atom is 0.161 e. The zero-order valence-corrected chi connectivity index (χ0v) is 13.3. The number of rotatable bonds is 3. The van der Waals surface area contributed by atoms with Crippen molar-refractivity contribution in [2.24, 2.45) is 5.92 Å². The van der Waals surface area contributed by atoms with Crippen molar-refractivity contribution in [3.8, 4) is 11.5 Å². The average molecular weight is 290 g/mol. The van der Waals surface area contributed by atoms with Gasteiger partial charge in [0.15, 0.2) is 11.5 Å². The summed E-state index contributed by atoms with van der Waals surface area (Å²) in [6, 6.07) is 4.89. The van der Waals surface area contributed by atoms with Crippen molar-refractivity contribution in [1.82, 2.24) is 10.2 Å². The molecule has 3 rings (SSSR count). The Balaban J connectivity index is 1.99. The molecule has 1 fully saturated rings. The molecule has 1 atom stereocenters. The first-order valence-electron chi connectivity index (χ1n) is 7.90. The van der Waals surface area contributed by atoms with Crippen molar-refractivity contribution >= 4 is 0 Å². The highest BCUT2D eigenvalue weighted by molar-refractivity contribution is 5.49. The molecule has 1 N–H and O–H groups in total. The Morgan fingerprint density at radius 1 is 1.10 bits per heavy atom. The van der Waals surface area contributed by atoms with Crippen LogP contribution in [-0.4, -0.2) is 45.8 Å². The predicted octanol–water partition coefficient (Wildman–Crippen LogP) is 2.23. The van der Waals surface area contributed by atoms with Crippen LogP contribution in [0.2, 0.25) is 0 Å². The minimum Gasteiger partial charge on any atom is -0.493 e. The fourth-order valence-corrected chi connectivity index (χ4v) is 3.88. The van der Waals surface area contributed by atoms with Crippen LogP contribution in [0.1, 0.15) is 30.0 Å². The quantitative estimate of drug-likeness (QED) is 0.925. The Labute approximate surface area is 127 Å². The van der Waals surface area contributed by atoms with Gasteiger partial charge < -0.3 is 14.8 Å². The van der Waals surface area contributed by atoms with Crippen LogP contribution in [0.3, 0.4) is 0 Å². The zero-order chi connectivity index (χ0) is 14.8. The standard InChI is InChI=1S/C17H26N2O2/c1-19-9-6-13-10-15(20-2)16(21-3)11-14(13)17(19)12-4-7-18-8-5-12/h10-12,17-18H,4-9H2,1-3H3. The van der Waals surface area contributed by atoms with Crippen LogP contribution in [0.25, 0.3) is 0 Å². The summed E-state index contributed by atoms with van der Waals surface area (Å²) in [4.78, 5) is 2.52.